The highest BCUT2D eigenvalue weighted by atomic mass is 19.1. The molecule has 3 N–H and O–H groups in total. The highest BCUT2D eigenvalue weighted by Crippen LogP contribution is 2.28. The van der Waals surface area contributed by atoms with Gasteiger partial charge in [-0.3, -0.25) is 9.36 Å². The fourth-order valence-electron chi connectivity index (χ4n) is 3.95. The Morgan fingerprint density at radius 1 is 1.11 bits per heavy atom. The minimum absolute atomic E-state index is 0.0201. The lowest BCUT2D eigenvalue weighted by Gasteiger charge is -2.21. The van der Waals surface area contributed by atoms with E-state index in [1.54, 1.807) is 43.5 Å². The van der Waals surface area contributed by atoms with Gasteiger partial charge in [0.2, 0.25) is 5.95 Å². The highest BCUT2D eigenvalue weighted by molar-refractivity contribution is 5.94. The zero-order chi connectivity index (χ0) is 25.2. The van der Waals surface area contributed by atoms with Crippen LogP contribution in [0.5, 0.6) is 0 Å². The minimum atomic E-state index is -0.641. The van der Waals surface area contributed by atoms with Crippen LogP contribution in [0.4, 0.5) is 16.2 Å². The SMILES string of the molecule is C[C@@H](Nc1nc(N)ncc1C#N)c1nc2cccc(-c3ccnnc3)c2c(=O)n1-c1cccc(F)c1. The first-order valence-corrected chi connectivity index (χ1v) is 10.8. The molecule has 0 fully saturated rings. The second kappa shape index (κ2) is 9.19. The summed E-state index contributed by atoms with van der Waals surface area (Å²) in [6.45, 7) is 1.75. The van der Waals surface area contributed by atoms with Crippen LogP contribution in [0.15, 0.2) is 71.9 Å². The second-order valence-corrected chi connectivity index (χ2v) is 7.89. The van der Waals surface area contributed by atoms with E-state index in [2.05, 4.69) is 25.5 Å². The molecule has 10 nitrogen and oxygen atoms in total. The van der Waals surface area contributed by atoms with E-state index in [-0.39, 0.29) is 23.2 Å². The van der Waals surface area contributed by atoms with Crippen molar-refractivity contribution in [2.45, 2.75) is 13.0 Å². The third-order valence-electron chi connectivity index (χ3n) is 5.55. The van der Waals surface area contributed by atoms with E-state index in [1.165, 1.54) is 35.2 Å². The molecule has 5 rings (SSSR count). The van der Waals surface area contributed by atoms with E-state index in [9.17, 15) is 14.4 Å². The summed E-state index contributed by atoms with van der Waals surface area (Å²) in [6, 6.07) is 14.1. The summed E-state index contributed by atoms with van der Waals surface area (Å²) < 4.78 is 15.6. The molecule has 0 aliphatic heterocycles. The van der Waals surface area contributed by atoms with Crippen molar-refractivity contribution in [3.8, 4) is 22.9 Å². The molecule has 11 heteroatoms. The van der Waals surface area contributed by atoms with Crippen LogP contribution in [-0.4, -0.2) is 29.7 Å². The summed E-state index contributed by atoms with van der Waals surface area (Å²) in [7, 11) is 0. The molecular weight excluding hydrogens is 461 g/mol. The number of aromatic nitrogens is 6. The molecule has 3 aromatic heterocycles. The van der Waals surface area contributed by atoms with Crippen LogP contribution in [0.1, 0.15) is 24.4 Å². The van der Waals surface area contributed by atoms with Gasteiger partial charge in [-0.1, -0.05) is 18.2 Å². The molecule has 0 saturated heterocycles. The van der Waals surface area contributed by atoms with Crippen LogP contribution >= 0.6 is 0 Å². The second-order valence-electron chi connectivity index (χ2n) is 7.89. The van der Waals surface area contributed by atoms with Crippen molar-refractivity contribution in [1.82, 2.24) is 29.7 Å². The van der Waals surface area contributed by atoms with Crippen molar-refractivity contribution >= 4 is 22.7 Å². The van der Waals surface area contributed by atoms with Gasteiger partial charge in [-0.25, -0.2) is 14.4 Å². The van der Waals surface area contributed by atoms with E-state index in [1.807, 2.05) is 6.07 Å². The summed E-state index contributed by atoms with van der Waals surface area (Å²) in [6.07, 6.45) is 4.40. The summed E-state index contributed by atoms with van der Waals surface area (Å²) in [5.74, 6) is -0.0558. The molecule has 0 bridgehead atoms. The van der Waals surface area contributed by atoms with E-state index in [0.717, 1.165) is 0 Å². The van der Waals surface area contributed by atoms with Gasteiger partial charge in [0.25, 0.3) is 5.56 Å². The first kappa shape index (κ1) is 22.5. The number of nitriles is 1. The van der Waals surface area contributed by atoms with Gasteiger partial charge >= 0.3 is 0 Å². The fourth-order valence-corrected chi connectivity index (χ4v) is 3.95. The quantitative estimate of drug-likeness (QED) is 0.387. The predicted molar refractivity (Wildman–Crippen MR) is 132 cm³/mol. The Kier molecular flexibility index (Phi) is 5.75. The van der Waals surface area contributed by atoms with Gasteiger partial charge in [-0.15, -0.1) is 0 Å². The first-order chi connectivity index (χ1) is 17.5. The van der Waals surface area contributed by atoms with Gasteiger partial charge in [-0.05, 0) is 42.8 Å². The van der Waals surface area contributed by atoms with Gasteiger partial charge in [-0.2, -0.15) is 20.4 Å². The predicted octanol–water partition coefficient (Wildman–Crippen LogP) is 3.40. The molecule has 1 atom stereocenters. The first-order valence-electron chi connectivity index (χ1n) is 10.8. The third kappa shape index (κ3) is 4.07. The summed E-state index contributed by atoms with van der Waals surface area (Å²) in [5, 5.41) is 20.6. The molecule has 2 aromatic carbocycles. The number of nitrogens with one attached hydrogen (secondary N) is 1. The van der Waals surface area contributed by atoms with Crippen LogP contribution in [0.2, 0.25) is 0 Å². The van der Waals surface area contributed by atoms with Gasteiger partial charge in [0.1, 0.15) is 29.1 Å². The Labute approximate surface area is 203 Å². The largest absolute Gasteiger partial charge is 0.368 e. The van der Waals surface area contributed by atoms with Gasteiger partial charge in [0.15, 0.2) is 0 Å². The Morgan fingerprint density at radius 2 is 1.94 bits per heavy atom. The average molecular weight is 479 g/mol. The molecule has 176 valence electrons. The molecule has 0 radical (unpaired) electrons. The molecule has 0 spiro atoms. The fraction of sp³-hybridized carbons (Fsp3) is 0.0800. The molecular formula is C25H18FN9O. The smallest absolute Gasteiger partial charge is 0.266 e. The maximum absolute atomic E-state index is 14.2. The number of hydrogen-bond donors (Lipinski definition) is 2. The monoisotopic (exact) mass is 479 g/mol. The lowest BCUT2D eigenvalue weighted by atomic mass is 10.0. The molecule has 0 aliphatic carbocycles. The van der Waals surface area contributed by atoms with Crippen molar-refractivity contribution in [2.24, 2.45) is 0 Å². The normalized spacial score (nSPS) is 11.7. The van der Waals surface area contributed by atoms with Gasteiger partial charge in [0.05, 0.1) is 41.2 Å². The summed E-state index contributed by atoms with van der Waals surface area (Å²) in [4.78, 5) is 26.8. The van der Waals surface area contributed by atoms with E-state index < -0.39 is 17.4 Å². The van der Waals surface area contributed by atoms with Crippen LogP contribution in [-0.2, 0) is 0 Å². The number of fused-ring (bicyclic) bond motifs is 1. The molecule has 0 unspecified atom stereocenters. The third-order valence-corrected chi connectivity index (χ3v) is 5.55. The molecule has 0 aliphatic rings. The Balaban J connectivity index is 1.76. The van der Waals surface area contributed by atoms with Crippen LogP contribution in [0, 0.1) is 17.1 Å². The highest BCUT2D eigenvalue weighted by Gasteiger charge is 2.22. The Hall–Kier alpha value is -5.24. The lowest BCUT2D eigenvalue weighted by Crippen LogP contribution is -2.28. The number of halogens is 1. The summed E-state index contributed by atoms with van der Waals surface area (Å²) >= 11 is 0. The minimum Gasteiger partial charge on any atom is -0.368 e. The van der Waals surface area contributed by atoms with Crippen molar-refractivity contribution in [1.29, 1.82) is 5.26 Å². The van der Waals surface area contributed by atoms with Crippen molar-refractivity contribution in [2.75, 3.05) is 11.1 Å². The van der Waals surface area contributed by atoms with Crippen LogP contribution in [0.25, 0.3) is 27.7 Å². The van der Waals surface area contributed by atoms with E-state index >= 15 is 0 Å². The lowest BCUT2D eigenvalue weighted by molar-refractivity contribution is 0.624. The molecule has 3 heterocycles. The summed E-state index contributed by atoms with van der Waals surface area (Å²) in [5.41, 5.74) is 7.52. The molecule has 36 heavy (non-hydrogen) atoms. The standard InChI is InChI=1S/C25H18FN9O/c1-14(32-22-16(11-27)12-29-25(28)34-22)23-33-20-7-3-6-19(15-8-9-30-31-13-15)21(20)24(36)35(23)18-5-2-4-17(26)10-18/h2-10,12-14H,1H3,(H3,28,29,32,34)/t14-/m1/s1. The maximum atomic E-state index is 14.2. The van der Waals surface area contributed by atoms with E-state index in [0.29, 0.717) is 27.7 Å². The van der Waals surface area contributed by atoms with Crippen molar-refractivity contribution in [3.05, 3.63) is 94.7 Å². The zero-order valence-corrected chi connectivity index (χ0v) is 18.9. The number of anilines is 2. The van der Waals surface area contributed by atoms with Crippen LogP contribution in [0.3, 0.4) is 0 Å². The number of benzene rings is 2. The van der Waals surface area contributed by atoms with Gasteiger partial charge in [0, 0.05) is 5.56 Å². The van der Waals surface area contributed by atoms with Crippen molar-refractivity contribution < 1.29 is 4.39 Å². The van der Waals surface area contributed by atoms with Crippen molar-refractivity contribution in [3.63, 3.8) is 0 Å². The topological polar surface area (TPSA) is 148 Å². The number of nitrogens with zero attached hydrogens (tertiary/aromatic N) is 7. The van der Waals surface area contributed by atoms with Gasteiger partial charge < -0.3 is 11.1 Å². The Bertz CT molecular complexity index is 1700. The van der Waals surface area contributed by atoms with E-state index in [4.69, 9.17) is 10.7 Å². The molecule has 0 amide bonds. The maximum Gasteiger partial charge on any atom is 0.266 e. The number of nitrogens with two attached hydrogens (primary N) is 1. The number of hydrogen-bond acceptors (Lipinski definition) is 9. The average Bonchev–Trinajstić information content (AvgIpc) is 2.89. The molecule has 0 saturated carbocycles. The number of nitrogen functional groups attached to an aromatic ring is 1. The zero-order valence-electron chi connectivity index (χ0n) is 18.9. The Morgan fingerprint density at radius 3 is 2.69 bits per heavy atom. The number of rotatable bonds is 5. The van der Waals surface area contributed by atoms with Crippen LogP contribution < -0.4 is 16.6 Å². The molecule has 5 aromatic rings.